The molecule has 1 heterocycles. The molecule has 0 aromatic rings. The van der Waals surface area contributed by atoms with Crippen molar-refractivity contribution < 1.29 is 4.79 Å². The van der Waals surface area contributed by atoms with Crippen molar-refractivity contribution in [3.05, 3.63) is 0 Å². The zero-order valence-corrected chi connectivity index (χ0v) is 10.9. The molecule has 0 spiro atoms. The van der Waals surface area contributed by atoms with Crippen LogP contribution in [0.4, 0.5) is 0 Å². The van der Waals surface area contributed by atoms with Gasteiger partial charge < -0.3 is 15.5 Å². The van der Waals surface area contributed by atoms with E-state index in [1.807, 2.05) is 4.90 Å². The predicted molar refractivity (Wildman–Crippen MR) is 66.1 cm³/mol. The number of rotatable bonds is 3. The van der Waals surface area contributed by atoms with E-state index in [-0.39, 0.29) is 11.8 Å². The van der Waals surface area contributed by atoms with Gasteiger partial charge in [0, 0.05) is 32.2 Å². The van der Waals surface area contributed by atoms with Crippen molar-refractivity contribution in [3.8, 4) is 0 Å². The zero-order chi connectivity index (χ0) is 12.3. The standard InChI is InChI=1S/C12H25N3O/c1-9(2)11(7-13)12(16)15-6-5-14(4)10(3)8-15/h9-11H,5-8,13H2,1-4H3. The van der Waals surface area contributed by atoms with Crippen LogP contribution in [0.2, 0.25) is 0 Å². The van der Waals surface area contributed by atoms with E-state index in [1.54, 1.807) is 0 Å². The molecule has 0 saturated carbocycles. The lowest BCUT2D eigenvalue weighted by Gasteiger charge is -2.39. The van der Waals surface area contributed by atoms with Crippen LogP contribution in [0.1, 0.15) is 20.8 Å². The molecule has 0 aromatic heterocycles. The maximum atomic E-state index is 12.3. The second-order valence-electron chi connectivity index (χ2n) is 5.20. The Morgan fingerprint density at radius 2 is 2.06 bits per heavy atom. The molecule has 2 N–H and O–H groups in total. The van der Waals surface area contributed by atoms with E-state index in [1.165, 1.54) is 0 Å². The monoisotopic (exact) mass is 227 g/mol. The lowest BCUT2D eigenvalue weighted by molar-refractivity contribution is -0.139. The first-order valence-corrected chi connectivity index (χ1v) is 6.16. The third-order valence-corrected chi connectivity index (χ3v) is 3.65. The lowest BCUT2D eigenvalue weighted by atomic mass is 9.94. The second-order valence-corrected chi connectivity index (χ2v) is 5.20. The van der Waals surface area contributed by atoms with Crippen molar-refractivity contribution in [1.29, 1.82) is 0 Å². The average molecular weight is 227 g/mol. The second kappa shape index (κ2) is 5.64. The highest BCUT2D eigenvalue weighted by Gasteiger charge is 2.30. The summed E-state index contributed by atoms with van der Waals surface area (Å²) < 4.78 is 0. The smallest absolute Gasteiger partial charge is 0.227 e. The molecule has 0 aliphatic carbocycles. The number of piperazine rings is 1. The molecule has 4 heteroatoms. The van der Waals surface area contributed by atoms with Crippen molar-refractivity contribution in [2.45, 2.75) is 26.8 Å². The number of likely N-dealkylation sites (N-methyl/N-ethyl adjacent to an activating group) is 1. The first-order valence-electron chi connectivity index (χ1n) is 6.16. The fourth-order valence-corrected chi connectivity index (χ4v) is 2.14. The Labute approximate surface area is 98.8 Å². The van der Waals surface area contributed by atoms with Gasteiger partial charge in [-0.05, 0) is 19.9 Å². The summed E-state index contributed by atoms with van der Waals surface area (Å²) >= 11 is 0. The van der Waals surface area contributed by atoms with E-state index in [0.717, 1.165) is 19.6 Å². The molecule has 1 aliphatic heterocycles. The van der Waals surface area contributed by atoms with Crippen molar-refractivity contribution in [1.82, 2.24) is 9.80 Å². The van der Waals surface area contributed by atoms with Crippen LogP contribution in [-0.4, -0.2) is 55.0 Å². The Kier molecular flexibility index (Phi) is 4.74. The van der Waals surface area contributed by atoms with Gasteiger partial charge in [-0.15, -0.1) is 0 Å². The van der Waals surface area contributed by atoms with E-state index in [9.17, 15) is 4.79 Å². The SMILES string of the molecule is CC(C)C(CN)C(=O)N1CCN(C)C(C)C1. The molecule has 0 bridgehead atoms. The summed E-state index contributed by atoms with van der Waals surface area (Å²) in [7, 11) is 2.11. The number of nitrogens with two attached hydrogens (primary N) is 1. The Bertz CT molecular complexity index is 242. The molecule has 0 radical (unpaired) electrons. The average Bonchev–Trinajstić information content (AvgIpc) is 2.22. The van der Waals surface area contributed by atoms with Crippen LogP contribution >= 0.6 is 0 Å². The number of hydrogen-bond acceptors (Lipinski definition) is 3. The molecule has 94 valence electrons. The highest BCUT2D eigenvalue weighted by molar-refractivity contribution is 5.79. The molecular weight excluding hydrogens is 202 g/mol. The third kappa shape index (κ3) is 2.95. The van der Waals surface area contributed by atoms with Crippen LogP contribution in [0.25, 0.3) is 0 Å². The van der Waals surface area contributed by atoms with Gasteiger partial charge in [0.25, 0.3) is 0 Å². The minimum atomic E-state index is -0.0180. The zero-order valence-electron chi connectivity index (χ0n) is 10.9. The Balaban J connectivity index is 2.60. The molecule has 0 aromatic carbocycles. The number of amides is 1. The van der Waals surface area contributed by atoms with Crippen molar-refractivity contribution in [2.24, 2.45) is 17.6 Å². The van der Waals surface area contributed by atoms with E-state index < -0.39 is 0 Å². The molecule has 2 atom stereocenters. The van der Waals surface area contributed by atoms with Gasteiger partial charge in [-0.2, -0.15) is 0 Å². The third-order valence-electron chi connectivity index (χ3n) is 3.65. The topological polar surface area (TPSA) is 49.6 Å². The molecule has 1 amide bonds. The first kappa shape index (κ1) is 13.5. The summed E-state index contributed by atoms with van der Waals surface area (Å²) in [6.45, 7) is 9.37. The van der Waals surface area contributed by atoms with Crippen molar-refractivity contribution in [3.63, 3.8) is 0 Å². The van der Waals surface area contributed by atoms with Gasteiger partial charge in [-0.3, -0.25) is 4.79 Å². The molecule has 1 saturated heterocycles. The minimum Gasteiger partial charge on any atom is -0.340 e. The van der Waals surface area contributed by atoms with E-state index in [2.05, 4.69) is 32.7 Å². The molecular formula is C12H25N3O. The maximum Gasteiger partial charge on any atom is 0.227 e. The van der Waals surface area contributed by atoms with Crippen LogP contribution in [0.5, 0.6) is 0 Å². The summed E-state index contributed by atoms with van der Waals surface area (Å²) in [5.41, 5.74) is 5.69. The summed E-state index contributed by atoms with van der Waals surface area (Å²) in [6.07, 6.45) is 0. The molecule has 2 unspecified atom stereocenters. The Morgan fingerprint density at radius 3 is 2.50 bits per heavy atom. The summed E-state index contributed by atoms with van der Waals surface area (Å²) in [5.74, 6) is 0.542. The molecule has 16 heavy (non-hydrogen) atoms. The van der Waals surface area contributed by atoms with Crippen LogP contribution < -0.4 is 5.73 Å². The van der Waals surface area contributed by atoms with Gasteiger partial charge in [-0.1, -0.05) is 13.8 Å². The highest BCUT2D eigenvalue weighted by atomic mass is 16.2. The Hall–Kier alpha value is -0.610. The number of hydrogen-bond donors (Lipinski definition) is 1. The van der Waals surface area contributed by atoms with Crippen molar-refractivity contribution >= 4 is 5.91 Å². The number of nitrogens with zero attached hydrogens (tertiary/aromatic N) is 2. The maximum absolute atomic E-state index is 12.3. The summed E-state index contributed by atoms with van der Waals surface area (Å²) in [6, 6.07) is 0.447. The number of carbonyl (C=O) groups excluding carboxylic acids is 1. The predicted octanol–water partition coefficient (Wildman–Crippen LogP) is 0.380. The molecule has 1 aliphatic rings. The first-order chi connectivity index (χ1) is 7.47. The quantitative estimate of drug-likeness (QED) is 0.758. The van der Waals surface area contributed by atoms with Crippen LogP contribution in [0, 0.1) is 11.8 Å². The van der Waals surface area contributed by atoms with E-state index in [0.29, 0.717) is 18.5 Å². The van der Waals surface area contributed by atoms with Gasteiger partial charge in [-0.25, -0.2) is 0 Å². The lowest BCUT2D eigenvalue weighted by Crippen LogP contribution is -2.54. The van der Waals surface area contributed by atoms with E-state index in [4.69, 9.17) is 5.73 Å². The summed E-state index contributed by atoms with van der Waals surface area (Å²) in [5, 5.41) is 0. The highest BCUT2D eigenvalue weighted by Crippen LogP contribution is 2.16. The fraction of sp³-hybridized carbons (Fsp3) is 0.917. The van der Waals surface area contributed by atoms with Crippen LogP contribution in [-0.2, 0) is 4.79 Å². The fourth-order valence-electron chi connectivity index (χ4n) is 2.14. The molecule has 4 nitrogen and oxygen atoms in total. The summed E-state index contributed by atoms with van der Waals surface area (Å²) in [4.78, 5) is 16.5. The van der Waals surface area contributed by atoms with Gasteiger partial charge in [0.05, 0.1) is 5.92 Å². The van der Waals surface area contributed by atoms with E-state index >= 15 is 0 Å². The molecule has 1 fully saturated rings. The van der Waals surface area contributed by atoms with Gasteiger partial charge in [0.15, 0.2) is 0 Å². The van der Waals surface area contributed by atoms with Crippen LogP contribution in [0.3, 0.4) is 0 Å². The van der Waals surface area contributed by atoms with Gasteiger partial charge in [0.1, 0.15) is 0 Å². The largest absolute Gasteiger partial charge is 0.340 e. The van der Waals surface area contributed by atoms with Crippen molar-refractivity contribution in [2.75, 3.05) is 33.2 Å². The van der Waals surface area contributed by atoms with Gasteiger partial charge in [0.2, 0.25) is 5.91 Å². The normalized spacial score (nSPS) is 24.9. The Morgan fingerprint density at radius 1 is 1.44 bits per heavy atom. The van der Waals surface area contributed by atoms with Crippen LogP contribution in [0.15, 0.2) is 0 Å². The molecule has 1 rings (SSSR count). The van der Waals surface area contributed by atoms with Gasteiger partial charge >= 0.3 is 0 Å². The number of carbonyl (C=O) groups is 1. The minimum absolute atomic E-state index is 0.0180.